The lowest BCUT2D eigenvalue weighted by Gasteiger charge is -2.21. The minimum absolute atomic E-state index is 0. The van der Waals surface area contributed by atoms with E-state index in [1.807, 2.05) is 0 Å². The van der Waals surface area contributed by atoms with Gasteiger partial charge in [-0.3, -0.25) is 14.4 Å². The Morgan fingerprint density at radius 1 is 1.08 bits per heavy atom. The normalized spacial score (nSPS) is 16.5. The smallest absolute Gasteiger partial charge is 0.410 e. The molecule has 0 saturated heterocycles. The van der Waals surface area contributed by atoms with Gasteiger partial charge in [-0.15, -0.1) is 17.0 Å². The van der Waals surface area contributed by atoms with Crippen molar-refractivity contribution >= 4 is 52.2 Å². The van der Waals surface area contributed by atoms with Crippen molar-refractivity contribution in [2.24, 2.45) is 11.7 Å². The van der Waals surface area contributed by atoms with Crippen LogP contribution in [0.1, 0.15) is 52.6 Å². The molecule has 13 heteroatoms. The number of esters is 2. The predicted octanol–water partition coefficient (Wildman–Crippen LogP) is 2.96. The van der Waals surface area contributed by atoms with E-state index in [2.05, 4.69) is 5.32 Å². The van der Waals surface area contributed by atoms with Crippen LogP contribution in [-0.4, -0.2) is 54.1 Å². The first-order valence-corrected chi connectivity index (χ1v) is 11.7. The van der Waals surface area contributed by atoms with Crippen LogP contribution in [0.2, 0.25) is 0 Å². The summed E-state index contributed by atoms with van der Waals surface area (Å²) in [5.41, 5.74) is 5.60. The molecule has 3 atom stereocenters. The Morgan fingerprint density at radius 2 is 1.76 bits per heavy atom. The molecule has 3 N–H and O–H groups in total. The molecule has 0 spiro atoms. The molecule has 1 aliphatic rings. The Hall–Kier alpha value is -3.45. The summed E-state index contributed by atoms with van der Waals surface area (Å²) in [5.74, 6) is -2.59. The van der Waals surface area contributed by atoms with E-state index in [9.17, 15) is 24.0 Å². The number of ether oxygens (including phenoxy) is 3. The van der Waals surface area contributed by atoms with Crippen molar-refractivity contribution in [3.8, 4) is 0 Å². The van der Waals surface area contributed by atoms with E-state index in [4.69, 9.17) is 28.8 Å². The maximum atomic E-state index is 12.7. The molecule has 1 aliphatic carbocycles. The van der Waals surface area contributed by atoms with Gasteiger partial charge in [-0.25, -0.2) is 9.59 Å². The van der Waals surface area contributed by atoms with E-state index >= 15 is 0 Å². The molecule has 1 aromatic heterocycles. The van der Waals surface area contributed by atoms with Crippen molar-refractivity contribution < 1.29 is 47.0 Å². The zero-order valence-electron chi connectivity index (χ0n) is 21.8. The van der Waals surface area contributed by atoms with Crippen molar-refractivity contribution in [2.75, 3.05) is 0 Å². The molecule has 0 aromatic carbocycles. The topological polar surface area (TPSA) is 177 Å². The molecule has 3 unspecified atom stereocenters. The number of ketones is 2. The van der Waals surface area contributed by atoms with Gasteiger partial charge in [0.2, 0.25) is 6.29 Å². The number of amides is 1. The minimum Gasteiger partial charge on any atom is -0.469 e. The molecule has 1 aromatic rings. The third-order valence-corrected chi connectivity index (χ3v) is 4.84. The molecule has 1 amide bonds. The summed E-state index contributed by atoms with van der Waals surface area (Å²) in [6.07, 6.45) is 0.331. The molecule has 0 fully saturated rings. The largest absolute Gasteiger partial charge is 0.469 e. The van der Waals surface area contributed by atoms with Crippen LogP contribution in [0.3, 0.4) is 0 Å². The first kappa shape index (κ1) is 32.6. The van der Waals surface area contributed by atoms with Gasteiger partial charge in [0, 0.05) is 19.8 Å². The third kappa shape index (κ3) is 10.1. The van der Waals surface area contributed by atoms with E-state index in [0.717, 1.165) is 12.3 Å². The predicted molar refractivity (Wildman–Crippen MR) is 138 cm³/mol. The highest BCUT2D eigenvalue weighted by Gasteiger charge is 2.29. The number of Topliss-reactive ketones (excluding diaryl/α,β-unsaturated/α-hetero) is 1. The van der Waals surface area contributed by atoms with Gasteiger partial charge >= 0.3 is 18.0 Å². The van der Waals surface area contributed by atoms with Crippen LogP contribution in [0.25, 0.3) is 5.57 Å². The first-order valence-electron chi connectivity index (χ1n) is 11.7. The summed E-state index contributed by atoms with van der Waals surface area (Å²) in [5, 5.41) is 2.38. The molecular weight excluding hydrogens is 568 g/mol. The summed E-state index contributed by atoms with van der Waals surface area (Å²) in [4.78, 5) is 61.4. The monoisotopic (exact) mass is 600 g/mol. The summed E-state index contributed by atoms with van der Waals surface area (Å²) in [6, 6.07) is 0.700. The quantitative estimate of drug-likeness (QED) is 0.314. The van der Waals surface area contributed by atoms with Crippen molar-refractivity contribution in [3.05, 3.63) is 42.3 Å². The second-order valence-corrected chi connectivity index (χ2v) is 8.83. The number of nitrogens with one attached hydrogen (secondary N) is 1. The average molecular weight is 601 g/mol. The summed E-state index contributed by atoms with van der Waals surface area (Å²) in [6.45, 7) is 7.87. The lowest BCUT2D eigenvalue weighted by Crippen LogP contribution is -2.45. The van der Waals surface area contributed by atoms with Gasteiger partial charge in [0.15, 0.2) is 17.3 Å². The highest BCUT2D eigenvalue weighted by Crippen LogP contribution is 2.22. The number of alkyl carbamates (subject to hydrolysis) is 1. The fourth-order valence-electron chi connectivity index (χ4n) is 3.03. The fraction of sp³-hybridized carbons (Fsp3) is 0.480. The number of rotatable bonds is 9. The number of nitrogens with two attached hydrogens (primary N) is 1. The molecule has 12 nitrogen and oxygen atoms in total. The standard InChI is InChI=1S/C25H32N2O10.BrH/c1-13(2)23(30)35-15(5)36-25(32)27-19(24(31)34-14(3)4)9-16-7-6-8-33-12-22(37-16)17-10-21(29)18(26)11-20(17)28;/h6-8,10,12-15,18-19H,9,11,26H2,1-5H3,(H,27,32);1H. The van der Waals surface area contributed by atoms with E-state index < -0.39 is 60.0 Å². The Balaban J connectivity index is 0.00000722. The number of carbonyl (C=O) groups excluding carboxylic acids is 5. The van der Waals surface area contributed by atoms with E-state index in [1.165, 1.54) is 25.3 Å². The van der Waals surface area contributed by atoms with Crippen molar-refractivity contribution in [1.29, 1.82) is 0 Å². The highest BCUT2D eigenvalue weighted by atomic mass is 79.9. The zero-order chi connectivity index (χ0) is 27.7. The van der Waals surface area contributed by atoms with Crippen molar-refractivity contribution in [3.63, 3.8) is 0 Å². The summed E-state index contributed by atoms with van der Waals surface area (Å²) >= 11 is 0. The maximum Gasteiger partial charge on any atom is 0.410 e. The van der Waals surface area contributed by atoms with Gasteiger partial charge in [0.05, 0.1) is 29.9 Å². The Morgan fingerprint density at radius 3 is 2.39 bits per heavy atom. The Kier molecular flexibility index (Phi) is 12.9. The van der Waals surface area contributed by atoms with Gasteiger partial charge < -0.3 is 34.1 Å². The maximum absolute atomic E-state index is 12.7. The second kappa shape index (κ2) is 15.1. The van der Waals surface area contributed by atoms with Crippen LogP contribution >= 0.6 is 17.0 Å². The lowest BCUT2D eigenvalue weighted by atomic mass is 9.92. The van der Waals surface area contributed by atoms with Crippen LogP contribution in [-0.2, 0) is 39.8 Å². The van der Waals surface area contributed by atoms with Gasteiger partial charge in [-0.1, -0.05) is 13.8 Å². The van der Waals surface area contributed by atoms with Gasteiger partial charge in [-0.2, -0.15) is 0 Å². The number of hydrogen-bond acceptors (Lipinski definition) is 11. The molecule has 38 heavy (non-hydrogen) atoms. The number of carbonyl (C=O) groups is 5. The van der Waals surface area contributed by atoms with E-state index in [-0.39, 0.29) is 46.9 Å². The Labute approximate surface area is 230 Å². The second-order valence-electron chi connectivity index (χ2n) is 8.83. The first-order chi connectivity index (χ1) is 17.4. The third-order valence-electron chi connectivity index (χ3n) is 4.84. The molecule has 0 saturated carbocycles. The van der Waals surface area contributed by atoms with Crippen LogP contribution < -0.4 is 11.1 Å². The van der Waals surface area contributed by atoms with Gasteiger partial charge in [0.25, 0.3) is 0 Å². The number of allylic oxidation sites excluding steroid dienone is 1. The number of hydrogen-bond donors (Lipinski definition) is 2. The van der Waals surface area contributed by atoms with Crippen LogP contribution in [0.5, 0.6) is 0 Å². The van der Waals surface area contributed by atoms with Crippen LogP contribution in [0.15, 0.2) is 39.6 Å². The van der Waals surface area contributed by atoms with Gasteiger partial charge in [0.1, 0.15) is 18.1 Å². The minimum atomic E-state index is -1.28. The van der Waals surface area contributed by atoms with Crippen molar-refractivity contribution in [2.45, 2.75) is 71.9 Å². The van der Waals surface area contributed by atoms with E-state index in [1.54, 1.807) is 27.7 Å². The molecule has 0 bridgehead atoms. The van der Waals surface area contributed by atoms with Crippen molar-refractivity contribution in [1.82, 2.24) is 5.32 Å². The molecule has 1 heterocycles. The molecule has 0 aliphatic heterocycles. The molecule has 210 valence electrons. The summed E-state index contributed by atoms with van der Waals surface area (Å²) in [7, 11) is 0. The van der Waals surface area contributed by atoms with E-state index in [0.29, 0.717) is 0 Å². The Bertz CT molecular complexity index is 1100. The molecule has 2 rings (SSSR count). The average Bonchev–Trinajstić information content (AvgIpc) is 2.76. The summed E-state index contributed by atoms with van der Waals surface area (Å²) < 4.78 is 26.3. The highest BCUT2D eigenvalue weighted by molar-refractivity contribution is 8.93. The van der Waals surface area contributed by atoms with Gasteiger partial charge in [-0.05, 0) is 32.1 Å². The van der Waals surface area contributed by atoms with Crippen LogP contribution in [0, 0.1) is 5.92 Å². The van der Waals surface area contributed by atoms with Crippen LogP contribution in [0.4, 0.5) is 4.79 Å². The zero-order valence-corrected chi connectivity index (χ0v) is 23.5. The molecular formula is C25H33BrN2O10. The fourth-order valence-corrected chi connectivity index (χ4v) is 3.03. The lowest BCUT2D eigenvalue weighted by molar-refractivity contribution is -0.169. The molecule has 0 radical (unpaired) electrons. The SMILES string of the molecule is Br.CC(C)OC(=O)C(Cc1cccocc(C2=CC(=O)C(N)CC2=O)o1)NC(=O)OC(C)OC(=O)C(C)C. The number of halogens is 1.